The van der Waals surface area contributed by atoms with Crippen LogP contribution >= 0.6 is 23.4 Å². The van der Waals surface area contributed by atoms with Crippen LogP contribution in [0.25, 0.3) is 0 Å². The minimum Gasteiger partial charge on any atom is -0.313 e. The highest BCUT2D eigenvalue weighted by molar-refractivity contribution is 7.99. The van der Waals surface area contributed by atoms with Crippen molar-refractivity contribution in [2.45, 2.75) is 36.6 Å². The van der Waals surface area contributed by atoms with Gasteiger partial charge < -0.3 is 5.32 Å². The lowest BCUT2D eigenvalue weighted by Gasteiger charge is -2.11. The van der Waals surface area contributed by atoms with E-state index < -0.39 is 0 Å². The molecule has 1 fully saturated rings. The van der Waals surface area contributed by atoms with Gasteiger partial charge in [0.25, 0.3) is 0 Å². The minimum atomic E-state index is 0.770. The first kappa shape index (κ1) is 12.3. The van der Waals surface area contributed by atoms with E-state index in [0.717, 1.165) is 23.4 Å². The molecule has 0 aliphatic heterocycles. The maximum atomic E-state index is 6.09. The molecule has 2 rings (SSSR count). The second-order valence-electron chi connectivity index (χ2n) is 4.21. The van der Waals surface area contributed by atoms with E-state index in [1.54, 1.807) is 0 Å². The summed E-state index contributed by atoms with van der Waals surface area (Å²) in [6.45, 7) is 1.08. The second kappa shape index (κ2) is 6.53. The molecule has 3 heteroatoms. The van der Waals surface area contributed by atoms with Crippen LogP contribution < -0.4 is 5.32 Å². The molecule has 0 bridgehead atoms. The number of thioether (sulfide) groups is 1. The van der Waals surface area contributed by atoms with Gasteiger partial charge >= 0.3 is 0 Å². The average Bonchev–Trinajstić information content (AvgIpc) is 2.79. The van der Waals surface area contributed by atoms with Crippen LogP contribution in [0.5, 0.6) is 0 Å². The molecule has 1 N–H and O–H groups in total. The molecule has 0 radical (unpaired) electrons. The molecule has 0 saturated heterocycles. The lowest BCUT2D eigenvalue weighted by atomic mass is 10.2. The van der Waals surface area contributed by atoms with E-state index in [1.807, 2.05) is 30.0 Å². The van der Waals surface area contributed by atoms with E-state index in [1.165, 1.54) is 30.6 Å². The fraction of sp³-hybridized carbons (Fsp3) is 0.538. The van der Waals surface area contributed by atoms with Gasteiger partial charge in [-0.25, -0.2) is 0 Å². The average molecular weight is 256 g/mol. The zero-order chi connectivity index (χ0) is 11.2. The van der Waals surface area contributed by atoms with Gasteiger partial charge in [0.1, 0.15) is 0 Å². The molecule has 0 unspecified atom stereocenters. The molecule has 16 heavy (non-hydrogen) atoms. The van der Waals surface area contributed by atoms with Gasteiger partial charge in [0.2, 0.25) is 0 Å². The summed E-state index contributed by atoms with van der Waals surface area (Å²) in [5.74, 6) is 1.10. The fourth-order valence-corrected chi connectivity index (χ4v) is 3.24. The van der Waals surface area contributed by atoms with Crippen LogP contribution in [-0.4, -0.2) is 18.3 Å². The summed E-state index contributed by atoms with van der Waals surface area (Å²) in [7, 11) is 0. The van der Waals surface area contributed by atoms with Crippen LogP contribution in [0.2, 0.25) is 5.02 Å². The van der Waals surface area contributed by atoms with Crippen molar-refractivity contribution < 1.29 is 0 Å². The van der Waals surface area contributed by atoms with E-state index in [-0.39, 0.29) is 0 Å². The van der Waals surface area contributed by atoms with E-state index >= 15 is 0 Å². The number of rotatable bonds is 5. The lowest BCUT2D eigenvalue weighted by molar-refractivity contribution is 0.545. The van der Waals surface area contributed by atoms with Crippen molar-refractivity contribution in [3.63, 3.8) is 0 Å². The molecule has 0 atom stereocenters. The number of halogens is 1. The predicted molar refractivity (Wildman–Crippen MR) is 72.4 cm³/mol. The van der Waals surface area contributed by atoms with Crippen molar-refractivity contribution in [2.75, 3.05) is 12.3 Å². The summed E-state index contributed by atoms with van der Waals surface area (Å²) in [4.78, 5) is 1.19. The first-order valence-electron chi connectivity index (χ1n) is 5.97. The Morgan fingerprint density at radius 2 is 2.00 bits per heavy atom. The maximum absolute atomic E-state index is 6.09. The van der Waals surface area contributed by atoms with Crippen LogP contribution in [0.1, 0.15) is 25.7 Å². The first-order chi connectivity index (χ1) is 7.86. The van der Waals surface area contributed by atoms with Gasteiger partial charge in [-0.2, -0.15) is 0 Å². The number of benzene rings is 1. The summed E-state index contributed by atoms with van der Waals surface area (Å²) in [5, 5.41) is 4.48. The zero-order valence-electron chi connectivity index (χ0n) is 9.42. The van der Waals surface area contributed by atoms with Crippen molar-refractivity contribution >= 4 is 23.4 Å². The van der Waals surface area contributed by atoms with E-state index in [4.69, 9.17) is 11.6 Å². The van der Waals surface area contributed by atoms with E-state index in [9.17, 15) is 0 Å². The number of nitrogens with one attached hydrogen (secondary N) is 1. The third-order valence-electron chi connectivity index (χ3n) is 2.98. The molecular formula is C13H18ClNS. The maximum Gasteiger partial charge on any atom is 0.0541 e. The Hall–Kier alpha value is -0.180. The Morgan fingerprint density at radius 3 is 2.75 bits per heavy atom. The Balaban J connectivity index is 1.66. The molecule has 1 saturated carbocycles. The summed E-state index contributed by atoms with van der Waals surface area (Å²) in [6.07, 6.45) is 5.51. The molecule has 1 aliphatic rings. The van der Waals surface area contributed by atoms with Crippen LogP contribution in [0.3, 0.4) is 0 Å². The van der Waals surface area contributed by atoms with Gasteiger partial charge in [0.15, 0.2) is 0 Å². The normalized spacial score (nSPS) is 16.8. The minimum absolute atomic E-state index is 0.770. The van der Waals surface area contributed by atoms with E-state index in [2.05, 4.69) is 11.4 Å². The van der Waals surface area contributed by atoms with Gasteiger partial charge in [0.05, 0.1) is 5.02 Å². The van der Waals surface area contributed by atoms with Crippen molar-refractivity contribution in [1.82, 2.24) is 5.32 Å². The monoisotopic (exact) mass is 255 g/mol. The third-order valence-corrected chi connectivity index (χ3v) is 4.50. The molecule has 0 amide bonds. The second-order valence-corrected chi connectivity index (χ2v) is 5.76. The third kappa shape index (κ3) is 3.69. The molecule has 1 nitrogen and oxygen atoms in total. The molecule has 1 aliphatic carbocycles. The van der Waals surface area contributed by atoms with Crippen LogP contribution in [-0.2, 0) is 0 Å². The highest BCUT2D eigenvalue weighted by Gasteiger charge is 2.13. The van der Waals surface area contributed by atoms with Gasteiger partial charge in [-0.05, 0) is 25.0 Å². The summed E-state index contributed by atoms with van der Waals surface area (Å²) in [5.41, 5.74) is 0. The molecule has 0 heterocycles. The zero-order valence-corrected chi connectivity index (χ0v) is 11.0. The summed E-state index contributed by atoms with van der Waals surface area (Å²) in [6, 6.07) is 8.82. The molecule has 88 valence electrons. The number of hydrogen-bond acceptors (Lipinski definition) is 2. The van der Waals surface area contributed by atoms with Crippen LogP contribution in [0.15, 0.2) is 29.2 Å². The van der Waals surface area contributed by atoms with Crippen molar-refractivity contribution in [2.24, 2.45) is 0 Å². The highest BCUT2D eigenvalue weighted by atomic mass is 35.5. The lowest BCUT2D eigenvalue weighted by Crippen LogP contribution is -2.27. The Kier molecular flexibility index (Phi) is 5.01. The molecule has 1 aromatic rings. The fourth-order valence-electron chi connectivity index (χ4n) is 2.12. The van der Waals surface area contributed by atoms with Gasteiger partial charge in [-0.15, -0.1) is 11.8 Å². The van der Waals surface area contributed by atoms with Gasteiger partial charge in [-0.3, -0.25) is 0 Å². The van der Waals surface area contributed by atoms with Gasteiger partial charge in [0, 0.05) is 23.2 Å². The SMILES string of the molecule is Clc1ccccc1SCCNC1CCCC1. The van der Waals surface area contributed by atoms with Crippen LogP contribution in [0.4, 0.5) is 0 Å². The summed E-state index contributed by atoms with van der Waals surface area (Å²) < 4.78 is 0. The van der Waals surface area contributed by atoms with Crippen molar-refractivity contribution in [3.8, 4) is 0 Å². The topological polar surface area (TPSA) is 12.0 Å². The highest BCUT2D eigenvalue weighted by Crippen LogP contribution is 2.26. The smallest absolute Gasteiger partial charge is 0.0541 e. The quantitative estimate of drug-likeness (QED) is 0.631. The van der Waals surface area contributed by atoms with Crippen molar-refractivity contribution in [1.29, 1.82) is 0 Å². The standard InChI is InChI=1S/C13H18ClNS/c14-12-7-3-4-8-13(12)16-10-9-15-11-5-1-2-6-11/h3-4,7-8,11,15H,1-2,5-6,9-10H2. The predicted octanol–water partition coefficient (Wildman–Crippen LogP) is 3.96. The Labute approximate surface area is 107 Å². The Bertz CT molecular complexity index is 323. The van der Waals surface area contributed by atoms with Crippen LogP contribution in [0, 0.1) is 0 Å². The molecular weight excluding hydrogens is 238 g/mol. The number of hydrogen-bond donors (Lipinski definition) is 1. The summed E-state index contributed by atoms with van der Waals surface area (Å²) >= 11 is 7.93. The molecule has 0 spiro atoms. The molecule has 1 aromatic carbocycles. The first-order valence-corrected chi connectivity index (χ1v) is 7.33. The largest absolute Gasteiger partial charge is 0.313 e. The van der Waals surface area contributed by atoms with Gasteiger partial charge in [-0.1, -0.05) is 36.6 Å². The van der Waals surface area contributed by atoms with Crippen molar-refractivity contribution in [3.05, 3.63) is 29.3 Å². The van der Waals surface area contributed by atoms with E-state index in [0.29, 0.717) is 0 Å². The Morgan fingerprint density at radius 1 is 1.25 bits per heavy atom. The molecule has 0 aromatic heterocycles.